The van der Waals surface area contributed by atoms with Gasteiger partial charge in [-0.05, 0) is 18.8 Å². The molecule has 2 rings (SSSR count). The highest BCUT2D eigenvalue weighted by atomic mass is 32.1. The second-order valence-corrected chi connectivity index (χ2v) is 5.83. The minimum absolute atomic E-state index is 0.391. The fourth-order valence-electron chi connectivity index (χ4n) is 1.62. The molecule has 1 aromatic rings. The van der Waals surface area contributed by atoms with Crippen molar-refractivity contribution in [2.24, 2.45) is 5.73 Å². The Balaban J connectivity index is 2.36. The summed E-state index contributed by atoms with van der Waals surface area (Å²) < 4.78 is 0. The Bertz CT molecular complexity index is 337. The van der Waals surface area contributed by atoms with Crippen molar-refractivity contribution in [3.8, 4) is 0 Å². The van der Waals surface area contributed by atoms with E-state index in [0.29, 0.717) is 17.9 Å². The number of thiazole rings is 1. The zero-order valence-corrected chi connectivity index (χ0v) is 9.95. The minimum atomic E-state index is 0.391. The van der Waals surface area contributed by atoms with Crippen LogP contribution in [0, 0.1) is 0 Å². The van der Waals surface area contributed by atoms with E-state index in [1.807, 2.05) is 11.3 Å². The fraction of sp³-hybridized carbons (Fsp3) is 0.727. The normalized spacial score (nSPS) is 18.9. The molecule has 0 unspecified atom stereocenters. The van der Waals surface area contributed by atoms with Crippen LogP contribution in [0.4, 0.5) is 0 Å². The van der Waals surface area contributed by atoms with Gasteiger partial charge in [0.15, 0.2) is 0 Å². The lowest BCUT2D eigenvalue weighted by atomic mass is 10.1. The summed E-state index contributed by atoms with van der Waals surface area (Å²) in [4.78, 5) is 6.03. The number of rotatable bonds is 3. The molecule has 0 spiro atoms. The van der Waals surface area contributed by atoms with Crippen molar-refractivity contribution in [2.45, 2.75) is 51.5 Å². The molecular formula is C11H18N2S. The Labute approximate surface area is 89.5 Å². The summed E-state index contributed by atoms with van der Waals surface area (Å²) in [5.41, 5.74) is 7.35. The molecule has 0 aliphatic heterocycles. The summed E-state index contributed by atoms with van der Waals surface area (Å²) in [7, 11) is 0. The van der Waals surface area contributed by atoms with Gasteiger partial charge < -0.3 is 5.73 Å². The number of aromatic nitrogens is 1. The zero-order valence-electron chi connectivity index (χ0n) is 9.13. The molecular weight excluding hydrogens is 192 g/mol. The molecule has 2 nitrogen and oxygen atoms in total. The van der Waals surface area contributed by atoms with Crippen LogP contribution in [-0.4, -0.2) is 4.98 Å². The standard InChI is InChI=1S/C11H18N2S/c1-7(2)9-8(6-12)14-10(13-9)11(3)4-5-11/h7H,4-6,12H2,1-3H3. The Morgan fingerprint density at radius 3 is 2.50 bits per heavy atom. The van der Waals surface area contributed by atoms with Crippen molar-refractivity contribution in [2.75, 3.05) is 0 Å². The summed E-state index contributed by atoms with van der Waals surface area (Å²) in [6, 6.07) is 0. The van der Waals surface area contributed by atoms with E-state index in [9.17, 15) is 0 Å². The number of hydrogen-bond acceptors (Lipinski definition) is 3. The van der Waals surface area contributed by atoms with Gasteiger partial charge in [-0.3, -0.25) is 0 Å². The third-order valence-corrected chi connectivity index (χ3v) is 4.38. The summed E-state index contributed by atoms with van der Waals surface area (Å²) in [5.74, 6) is 0.501. The van der Waals surface area contributed by atoms with E-state index in [2.05, 4.69) is 20.8 Å². The Kier molecular flexibility index (Phi) is 2.40. The van der Waals surface area contributed by atoms with Gasteiger partial charge in [0, 0.05) is 16.8 Å². The van der Waals surface area contributed by atoms with Gasteiger partial charge in [0.1, 0.15) is 0 Å². The molecule has 0 amide bonds. The van der Waals surface area contributed by atoms with Gasteiger partial charge in [-0.15, -0.1) is 11.3 Å². The lowest BCUT2D eigenvalue weighted by molar-refractivity contribution is 0.745. The first kappa shape index (κ1) is 10.1. The highest BCUT2D eigenvalue weighted by molar-refractivity contribution is 7.12. The van der Waals surface area contributed by atoms with Crippen LogP contribution in [0.2, 0.25) is 0 Å². The molecule has 78 valence electrons. The summed E-state index contributed by atoms with van der Waals surface area (Å²) in [5, 5.41) is 1.31. The van der Waals surface area contributed by atoms with Crippen LogP contribution >= 0.6 is 11.3 Å². The molecule has 0 bridgehead atoms. The highest BCUT2D eigenvalue weighted by Gasteiger charge is 2.42. The van der Waals surface area contributed by atoms with Crippen molar-refractivity contribution < 1.29 is 0 Å². The molecule has 1 aliphatic rings. The van der Waals surface area contributed by atoms with Crippen LogP contribution in [0.3, 0.4) is 0 Å². The topological polar surface area (TPSA) is 38.9 Å². The van der Waals surface area contributed by atoms with Crippen LogP contribution in [0.1, 0.15) is 55.1 Å². The zero-order chi connectivity index (χ0) is 10.3. The maximum Gasteiger partial charge on any atom is 0.0990 e. The van der Waals surface area contributed by atoms with E-state index >= 15 is 0 Å². The van der Waals surface area contributed by atoms with E-state index in [-0.39, 0.29) is 0 Å². The molecule has 1 fully saturated rings. The first-order valence-electron chi connectivity index (χ1n) is 5.27. The molecule has 0 saturated heterocycles. The molecule has 14 heavy (non-hydrogen) atoms. The molecule has 0 aromatic carbocycles. The number of hydrogen-bond donors (Lipinski definition) is 1. The smallest absolute Gasteiger partial charge is 0.0990 e. The van der Waals surface area contributed by atoms with Crippen LogP contribution in [0.15, 0.2) is 0 Å². The van der Waals surface area contributed by atoms with Gasteiger partial charge in [0.2, 0.25) is 0 Å². The summed E-state index contributed by atoms with van der Waals surface area (Å²) >= 11 is 1.82. The average molecular weight is 210 g/mol. The lowest BCUT2D eigenvalue weighted by Crippen LogP contribution is -2.01. The molecule has 3 heteroatoms. The molecule has 1 heterocycles. The molecule has 1 saturated carbocycles. The van der Waals surface area contributed by atoms with Gasteiger partial charge in [0.05, 0.1) is 10.7 Å². The highest BCUT2D eigenvalue weighted by Crippen LogP contribution is 2.49. The third-order valence-electron chi connectivity index (χ3n) is 2.98. The van der Waals surface area contributed by atoms with Crippen LogP contribution in [0.5, 0.6) is 0 Å². The van der Waals surface area contributed by atoms with E-state index < -0.39 is 0 Å². The molecule has 2 N–H and O–H groups in total. The predicted molar refractivity (Wildman–Crippen MR) is 60.7 cm³/mol. The van der Waals surface area contributed by atoms with Gasteiger partial charge in [-0.25, -0.2) is 4.98 Å². The van der Waals surface area contributed by atoms with E-state index in [1.54, 1.807) is 0 Å². The largest absolute Gasteiger partial charge is 0.326 e. The fourth-order valence-corrected chi connectivity index (χ4v) is 2.92. The second kappa shape index (κ2) is 3.31. The van der Waals surface area contributed by atoms with Crippen molar-refractivity contribution >= 4 is 11.3 Å². The molecule has 0 radical (unpaired) electrons. The van der Waals surface area contributed by atoms with Crippen molar-refractivity contribution in [1.82, 2.24) is 4.98 Å². The van der Waals surface area contributed by atoms with Crippen molar-refractivity contribution in [3.63, 3.8) is 0 Å². The minimum Gasteiger partial charge on any atom is -0.326 e. The van der Waals surface area contributed by atoms with Gasteiger partial charge >= 0.3 is 0 Å². The van der Waals surface area contributed by atoms with Crippen LogP contribution < -0.4 is 5.73 Å². The quantitative estimate of drug-likeness (QED) is 0.833. The second-order valence-electron chi connectivity index (χ2n) is 4.75. The van der Waals surface area contributed by atoms with Gasteiger partial charge in [-0.2, -0.15) is 0 Å². The molecule has 1 aliphatic carbocycles. The van der Waals surface area contributed by atoms with Gasteiger partial charge in [-0.1, -0.05) is 20.8 Å². The van der Waals surface area contributed by atoms with Crippen LogP contribution in [-0.2, 0) is 12.0 Å². The van der Waals surface area contributed by atoms with Crippen LogP contribution in [0.25, 0.3) is 0 Å². The third kappa shape index (κ3) is 1.59. The lowest BCUT2D eigenvalue weighted by Gasteiger charge is -2.02. The first-order chi connectivity index (χ1) is 6.57. The monoisotopic (exact) mass is 210 g/mol. The SMILES string of the molecule is CC(C)c1nc(C2(C)CC2)sc1CN. The summed E-state index contributed by atoms with van der Waals surface area (Å²) in [6.45, 7) is 7.32. The molecule has 1 aromatic heterocycles. The van der Waals surface area contributed by atoms with Crippen molar-refractivity contribution in [3.05, 3.63) is 15.6 Å². The maximum atomic E-state index is 5.74. The first-order valence-corrected chi connectivity index (χ1v) is 6.08. The van der Waals surface area contributed by atoms with E-state index in [1.165, 1.54) is 28.4 Å². The maximum absolute atomic E-state index is 5.74. The van der Waals surface area contributed by atoms with E-state index in [0.717, 1.165) is 0 Å². The Hall–Kier alpha value is -0.410. The Morgan fingerprint density at radius 1 is 1.50 bits per heavy atom. The van der Waals surface area contributed by atoms with E-state index in [4.69, 9.17) is 10.7 Å². The summed E-state index contributed by atoms with van der Waals surface area (Å²) in [6.07, 6.45) is 2.59. The predicted octanol–water partition coefficient (Wildman–Crippen LogP) is 2.78. The molecule has 0 atom stereocenters. The van der Waals surface area contributed by atoms with Crippen molar-refractivity contribution in [1.29, 1.82) is 0 Å². The number of nitrogens with zero attached hydrogens (tertiary/aromatic N) is 1. The van der Waals surface area contributed by atoms with Gasteiger partial charge in [0.25, 0.3) is 0 Å². The average Bonchev–Trinajstić information content (AvgIpc) is 2.74. The Morgan fingerprint density at radius 2 is 2.14 bits per heavy atom. The number of nitrogens with two attached hydrogens (primary N) is 1.